The number of ether oxygens (including phenoxy) is 1. The molecule has 1 N–H and O–H groups in total. The highest BCUT2D eigenvalue weighted by Gasteiger charge is 2.27. The third-order valence-corrected chi connectivity index (χ3v) is 8.23. The first-order valence-electron chi connectivity index (χ1n) is 13.1. The van der Waals surface area contributed by atoms with Crippen LogP contribution in [0.4, 0.5) is 5.69 Å². The lowest BCUT2D eigenvalue weighted by Crippen LogP contribution is -2.39. The van der Waals surface area contributed by atoms with Crippen molar-refractivity contribution in [2.75, 3.05) is 10.8 Å². The van der Waals surface area contributed by atoms with Crippen LogP contribution < -0.4 is 14.5 Å². The minimum Gasteiger partial charge on any atom is -0.489 e. The SMILES string of the molecule is Cc1ccc(N(CC(=O)N/N=C\c2ccc(OCc3ccc4ccccc4c3)cc2)S(=O)(=O)c2ccccc2)cc1. The zero-order chi connectivity index (χ0) is 28.7. The predicted octanol–water partition coefficient (Wildman–Crippen LogP) is 6.07. The van der Waals surface area contributed by atoms with Crippen LogP contribution in [0.5, 0.6) is 5.75 Å². The van der Waals surface area contributed by atoms with Gasteiger partial charge in [0, 0.05) is 0 Å². The van der Waals surface area contributed by atoms with Gasteiger partial charge in [0.15, 0.2) is 0 Å². The number of hydrogen-bond acceptors (Lipinski definition) is 5. The van der Waals surface area contributed by atoms with E-state index in [4.69, 9.17) is 4.74 Å². The van der Waals surface area contributed by atoms with Crippen molar-refractivity contribution in [3.63, 3.8) is 0 Å². The summed E-state index contributed by atoms with van der Waals surface area (Å²) in [6.07, 6.45) is 1.49. The summed E-state index contributed by atoms with van der Waals surface area (Å²) in [6.45, 7) is 1.92. The van der Waals surface area contributed by atoms with Gasteiger partial charge in [-0.25, -0.2) is 13.8 Å². The second-order valence-corrected chi connectivity index (χ2v) is 11.4. The smallest absolute Gasteiger partial charge is 0.264 e. The van der Waals surface area contributed by atoms with Crippen LogP contribution in [0.25, 0.3) is 10.8 Å². The molecule has 5 aromatic rings. The molecule has 0 aliphatic heterocycles. The summed E-state index contributed by atoms with van der Waals surface area (Å²) in [4.78, 5) is 12.9. The van der Waals surface area contributed by atoms with Gasteiger partial charge in [-0.2, -0.15) is 5.10 Å². The fourth-order valence-electron chi connectivity index (χ4n) is 4.24. The number of fused-ring (bicyclic) bond motifs is 1. The van der Waals surface area contributed by atoms with Crippen LogP contribution in [0, 0.1) is 6.92 Å². The molecule has 0 spiro atoms. The number of carbonyl (C=O) groups excluding carboxylic acids is 1. The maximum absolute atomic E-state index is 13.4. The summed E-state index contributed by atoms with van der Waals surface area (Å²) in [5.41, 5.74) is 5.62. The highest BCUT2D eigenvalue weighted by molar-refractivity contribution is 7.92. The Bertz CT molecular complexity index is 1770. The van der Waals surface area contributed by atoms with Gasteiger partial charge in [0.05, 0.1) is 16.8 Å². The van der Waals surface area contributed by atoms with Crippen molar-refractivity contribution in [1.29, 1.82) is 0 Å². The van der Waals surface area contributed by atoms with Crippen molar-refractivity contribution < 1.29 is 17.9 Å². The van der Waals surface area contributed by atoms with Crippen LogP contribution in [-0.2, 0) is 21.4 Å². The van der Waals surface area contributed by atoms with Crippen LogP contribution in [-0.4, -0.2) is 27.1 Å². The second-order valence-electron chi connectivity index (χ2n) is 9.49. The van der Waals surface area contributed by atoms with Crippen LogP contribution in [0.1, 0.15) is 16.7 Å². The minimum absolute atomic E-state index is 0.0970. The van der Waals surface area contributed by atoms with E-state index in [-0.39, 0.29) is 4.90 Å². The molecule has 0 radical (unpaired) electrons. The molecule has 0 fully saturated rings. The molecule has 8 heteroatoms. The average molecular weight is 564 g/mol. The Kier molecular flexibility index (Phi) is 8.41. The van der Waals surface area contributed by atoms with E-state index in [1.54, 1.807) is 42.5 Å². The van der Waals surface area contributed by atoms with Gasteiger partial charge in [-0.3, -0.25) is 9.10 Å². The molecule has 0 bridgehead atoms. The maximum atomic E-state index is 13.4. The largest absolute Gasteiger partial charge is 0.489 e. The van der Waals surface area contributed by atoms with E-state index in [1.807, 2.05) is 43.3 Å². The van der Waals surface area contributed by atoms with Gasteiger partial charge < -0.3 is 4.74 Å². The molecule has 5 rings (SSSR count). The Morgan fingerprint density at radius 2 is 1.51 bits per heavy atom. The normalized spacial score (nSPS) is 11.4. The van der Waals surface area contributed by atoms with Crippen LogP contribution in [0.15, 0.2) is 131 Å². The quantitative estimate of drug-likeness (QED) is 0.165. The number of nitrogens with zero attached hydrogens (tertiary/aromatic N) is 2. The minimum atomic E-state index is -3.97. The molecular weight excluding hydrogens is 534 g/mol. The molecule has 0 saturated heterocycles. The van der Waals surface area contributed by atoms with E-state index >= 15 is 0 Å². The third kappa shape index (κ3) is 6.98. The molecule has 0 saturated carbocycles. The van der Waals surface area contributed by atoms with E-state index in [0.29, 0.717) is 18.0 Å². The van der Waals surface area contributed by atoms with Gasteiger partial charge >= 0.3 is 0 Å². The Morgan fingerprint density at radius 3 is 2.24 bits per heavy atom. The van der Waals surface area contributed by atoms with E-state index in [2.05, 4.69) is 40.9 Å². The number of hydrogen-bond donors (Lipinski definition) is 1. The summed E-state index contributed by atoms with van der Waals surface area (Å²) in [7, 11) is -3.97. The summed E-state index contributed by atoms with van der Waals surface area (Å²) in [6, 6.07) is 36.7. The van der Waals surface area contributed by atoms with Crippen molar-refractivity contribution >= 4 is 38.6 Å². The highest BCUT2D eigenvalue weighted by Crippen LogP contribution is 2.24. The first kappa shape index (κ1) is 27.6. The number of anilines is 1. The van der Waals surface area contributed by atoms with Gasteiger partial charge in [0.1, 0.15) is 18.9 Å². The van der Waals surface area contributed by atoms with Gasteiger partial charge in [-0.05, 0) is 83.4 Å². The van der Waals surface area contributed by atoms with Crippen LogP contribution in [0.3, 0.4) is 0 Å². The fourth-order valence-corrected chi connectivity index (χ4v) is 5.68. The van der Waals surface area contributed by atoms with Crippen LogP contribution in [0.2, 0.25) is 0 Å². The summed E-state index contributed by atoms with van der Waals surface area (Å²) in [5, 5.41) is 6.38. The molecule has 0 unspecified atom stereocenters. The molecule has 0 aliphatic rings. The number of benzene rings is 5. The van der Waals surface area contributed by atoms with Crippen molar-refractivity contribution in [2.24, 2.45) is 5.10 Å². The van der Waals surface area contributed by atoms with Gasteiger partial charge in [0.25, 0.3) is 15.9 Å². The summed E-state index contributed by atoms with van der Waals surface area (Å²) in [5.74, 6) is 0.135. The third-order valence-electron chi connectivity index (χ3n) is 6.44. The lowest BCUT2D eigenvalue weighted by Gasteiger charge is -2.23. The number of carbonyl (C=O) groups is 1. The van der Waals surface area contributed by atoms with Crippen molar-refractivity contribution in [2.45, 2.75) is 18.4 Å². The van der Waals surface area contributed by atoms with E-state index in [1.165, 1.54) is 29.1 Å². The monoisotopic (exact) mass is 563 g/mol. The Labute approximate surface area is 239 Å². The lowest BCUT2D eigenvalue weighted by atomic mass is 10.1. The van der Waals surface area contributed by atoms with Gasteiger partial charge in [-0.1, -0.05) is 72.3 Å². The zero-order valence-electron chi connectivity index (χ0n) is 22.5. The Balaban J connectivity index is 1.20. The zero-order valence-corrected chi connectivity index (χ0v) is 23.3. The summed E-state index contributed by atoms with van der Waals surface area (Å²) < 4.78 is 33.8. The molecule has 206 valence electrons. The van der Waals surface area contributed by atoms with Crippen molar-refractivity contribution in [3.8, 4) is 5.75 Å². The number of rotatable bonds is 10. The maximum Gasteiger partial charge on any atom is 0.264 e. The number of nitrogens with one attached hydrogen (secondary N) is 1. The number of amides is 1. The summed E-state index contributed by atoms with van der Waals surface area (Å²) >= 11 is 0. The topological polar surface area (TPSA) is 88.1 Å². The molecule has 0 heterocycles. The van der Waals surface area contributed by atoms with Crippen molar-refractivity contribution in [3.05, 3.63) is 138 Å². The average Bonchev–Trinajstić information content (AvgIpc) is 3.00. The Morgan fingerprint density at radius 1 is 0.829 bits per heavy atom. The van der Waals surface area contributed by atoms with E-state index in [0.717, 1.165) is 21.0 Å². The molecule has 0 atom stereocenters. The molecule has 0 aromatic heterocycles. The fraction of sp³-hybridized carbons (Fsp3) is 0.0909. The number of sulfonamides is 1. The van der Waals surface area contributed by atoms with Crippen molar-refractivity contribution in [1.82, 2.24) is 5.43 Å². The first-order valence-corrected chi connectivity index (χ1v) is 14.5. The van der Waals surface area contributed by atoms with Gasteiger partial charge in [0.2, 0.25) is 0 Å². The highest BCUT2D eigenvalue weighted by atomic mass is 32.2. The van der Waals surface area contributed by atoms with Crippen LogP contribution >= 0.6 is 0 Å². The van der Waals surface area contributed by atoms with E-state index in [9.17, 15) is 13.2 Å². The van der Waals surface area contributed by atoms with E-state index < -0.39 is 22.5 Å². The molecule has 41 heavy (non-hydrogen) atoms. The first-order chi connectivity index (χ1) is 19.9. The Hall–Kier alpha value is -4.95. The molecule has 5 aromatic carbocycles. The standard InChI is InChI=1S/C33H29N3O4S/c1-25-11-17-30(18-12-25)36(41(38,39)32-9-3-2-4-10-32)23-33(37)35-34-22-26-14-19-31(20-15-26)40-24-27-13-16-28-7-5-6-8-29(28)21-27/h2-22H,23-24H2,1H3,(H,35,37)/b34-22-. The number of aryl methyl sites for hydroxylation is 1. The number of hydrazone groups is 1. The molecule has 7 nitrogen and oxygen atoms in total. The molecule has 0 aliphatic carbocycles. The van der Waals surface area contributed by atoms with Gasteiger partial charge in [-0.15, -0.1) is 0 Å². The lowest BCUT2D eigenvalue weighted by molar-refractivity contribution is -0.119. The predicted molar refractivity (Wildman–Crippen MR) is 163 cm³/mol. The molecule has 1 amide bonds. The molecular formula is C33H29N3O4S. The second kappa shape index (κ2) is 12.5.